The SMILES string of the molecule is O=C(O)c1ccc(N/N=C2/C[C@@H]3C=CC[C@@H]23)cc1. The topological polar surface area (TPSA) is 61.7 Å². The van der Waals surface area contributed by atoms with E-state index in [9.17, 15) is 4.79 Å². The summed E-state index contributed by atoms with van der Waals surface area (Å²) in [6.45, 7) is 0. The molecular weight excluding hydrogens is 228 g/mol. The highest BCUT2D eigenvalue weighted by Crippen LogP contribution is 2.40. The maximum Gasteiger partial charge on any atom is 0.335 e. The Morgan fingerprint density at radius 3 is 2.78 bits per heavy atom. The zero-order valence-corrected chi connectivity index (χ0v) is 9.84. The zero-order valence-electron chi connectivity index (χ0n) is 9.84. The Hall–Kier alpha value is -2.10. The highest BCUT2D eigenvalue weighted by molar-refractivity contribution is 5.94. The molecule has 2 aliphatic carbocycles. The number of hydrogen-bond donors (Lipinski definition) is 2. The first-order chi connectivity index (χ1) is 8.74. The fourth-order valence-electron chi connectivity index (χ4n) is 2.49. The van der Waals surface area contributed by atoms with Crippen LogP contribution < -0.4 is 5.43 Å². The second kappa shape index (κ2) is 4.29. The molecule has 0 radical (unpaired) electrons. The average Bonchev–Trinajstić information content (AvgIpc) is 2.72. The molecule has 92 valence electrons. The standard InChI is InChI=1S/C14H14N2O2/c17-14(18)9-4-6-11(7-5-9)15-16-13-8-10-2-1-3-12(10)13/h1-2,4-7,10,12,15H,3,8H2,(H,17,18)/b16-13-/t10-,12+/m0/s1. The normalized spacial score (nSPS) is 26.8. The number of allylic oxidation sites excluding steroid dienone is 2. The minimum absolute atomic E-state index is 0.289. The molecule has 0 unspecified atom stereocenters. The van der Waals surface area contributed by atoms with Crippen LogP contribution >= 0.6 is 0 Å². The van der Waals surface area contributed by atoms with Crippen molar-refractivity contribution in [2.24, 2.45) is 16.9 Å². The molecule has 2 aliphatic rings. The highest BCUT2D eigenvalue weighted by Gasteiger charge is 2.37. The Balaban J connectivity index is 1.63. The second-order valence-electron chi connectivity index (χ2n) is 4.74. The number of carbonyl (C=O) groups is 1. The summed E-state index contributed by atoms with van der Waals surface area (Å²) in [4.78, 5) is 10.7. The molecule has 0 saturated heterocycles. The molecule has 1 fully saturated rings. The predicted octanol–water partition coefficient (Wildman–Crippen LogP) is 2.75. The summed E-state index contributed by atoms with van der Waals surface area (Å²) >= 11 is 0. The molecule has 1 aromatic rings. The van der Waals surface area contributed by atoms with Gasteiger partial charge in [-0.2, -0.15) is 5.10 Å². The van der Waals surface area contributed by atoms with Crippen LogP contribution in [0.3, 0.4) is 0 Å². The van der Waals surface area contributed by atoms with Gasteiger partial charge in [0.05, 0.1) is 11.3 Å². The number of aromatic carboxylic acids is 1. The van der Waals surface area contributed by atoms with E-state index in [4.69, 9.17) is 5.11 Å². The molecule has 0 heterocycles. The Morgan fingerprint density at radius 2 is 2.11 bits per heavy atom. The van der Waals surface area contributed by atoms with E-state index >= 15 is 0 Å². The molecule has 1 saturated carbocycles. The van der Waals surface area contributed by atoms with Crippen molar-refractivity contribution in [2.45, 2.75) is 12.8 Å². The lowest BCUT2D eigenvalue weighted by Gasteiger charge is -2.31. The molecule has 2 N–H and O–H groups in total. The summed E-state index contributed by atoms with van der Waals surface area (Å²) in [5.41, 5.74) is 5.32. The highest BCUT2D eigenvalue weighted by atomic mass is 16.4. The van der Waals surface area contributed by atoms with Crippen molar-refractivity contribution in [2.75, 3.05) is 5.43 Å². The predicted molar refractivity (Wildman–Crippen MR) is 69.8 cm³/mol. The van der Waals surface area contributed by atoms with Crippen molar-refractivity contribution in [3.05, 3.63) is 42.0 Å². The van der Waals surface area contributed by atoms with Gasteiger partial charge in [0.25, 0.3) is 0 Å². The van der Waals surface area contributed by atoms with Gasteiger partial charge in [0.1, 0.15) is 0 Å². The molecule has 0 bridgehead atoms. The van der Waals surface area contributed by atoms with E-state index in [0.29, 0.717) is 11.8 Å². The maximum absolute atomic E-state index is 10.7. The van der Waals surface area contributed by atoms with Crippen molar-refractivity contribution in [1.82, 2.24) is 0 Å². The van der Waals surface area contributed by atoms with Crippen LogP contribution in [0.15, 0.2) is 41.5 Å². The maximum atomic E-state index is 10.7. The number of anilines is 1. The molecule has 0 spiro atoms. The van der Waals surface area contributed by atoms with Crippen molar-refractivity contribution >= 4 is 17.4 Å². The van der Waals surface area contributed by atoms with Crippen LogP contribution in [0.25, 0.3) is 0 Å². The molecule has 0 aliphatic heterocycles. The first-order valence-electron chi connectivity index (χ1n) is 6.06. The smallest absolute Gasteiger partial charge is 0.335 e. The molecule has 18 heavy (non-hydrogen) atoms. The van der Waals surface area contributed by atoms with Crippen LogP contribution in [0, 0.1) is 11.8 Å². The van der Waals surface area contributed by atoms with Gasteiger partial charge in [-0.1, -0.05) is 12.2 Å². The summed E-state index contributed by atoms with van der Waals surface area (Å²) in [5, 5.41) is 13.2. The van der Waals surface area contributed by atoms with Gasteiger partial charge in [-0.15, -0.1) is 0 Å². The number of carboxylic acids is 1. The Kier molecular flexibility index (Phi) is 2.63. The van der Waals surface area contributed by atoms with Crippen molar-refractivity contribution < 1.29 is 9.90 Å². The van der Waals surface area contributed by atoms with E-state index in [0.717, 1.165) is 18.5 Å². The van der Waals surface area contributed by atoms with Gasteiger partial charge in [-0.05, 0) is 43.0 Å². The van der Waals surface area contributed by atoms with Gasteiger partial charge in [0.15, 0.2) is 0 Å². The number of fused-ring (bicyclic) bond motifs is 1. The van der Waals surface area contributed by atoms with Crippen LogP contribution in [-0.4, -0.2) is 16.8 Å². The van der Waals surface area contributed by atoms with E-state index in [1.807, 2.05) is 0 Å². The molecule has 2 atom stereocenters. The third-order valence-corrected chi connectivity index (χ3v) is 3.62. The largest absolute Gasteiger partial charge is 0.478 e. The summed E-state index contributed by atoms with van der Waals surface area (Å²) < 4.78 is 0. The Labute approximate surface area is 105 Å². The summed E-state index contributed by atoms with van der Waals surface area (Å²) in [6, 6.07) is 6.62. The second-order valence-corrected chi connectivity index (χ2v) is 4.74. The van der Waals surface area contributed by atoms with Crippen molar-refractivity contribution in [3.63, 3.8) is 0 Å². The van der Waals surface area contributed by atoms with Gasteiger partial charge in [0, 0.05) is 11.6 Å². The average molecular weight is 242 g/mol. The summed E-state index contributed by atoms with van der Waals surface area (Å²) in [5.74, 6) is 0.377. The number of benzene rings is 1. The van der Waals surface area contributed by atoms with Crippen molar-refractivity contribution in [3.8, 4) is 0 Å². The van der Waals surface area contributed by atoms with Crippen LogP contribution in [0.5, 0.6) is 0 Å². The molecule has 1 aromatic carbocycles. The lowest BCUT2D eigenvalue weighted by molar-refractivity contribution is 0.0697. The van der Waals surface area contributed by atoms with E-state index in [-0.39, 0.29) is 5.56 Å². The minimum atomic E-state index is -0.910. The molecule has 0 aromatic heterocycles. The number of hydrogen-bond acceptors (Lipinski definition) is 3. The van der Waals surface area contributed by atoms with E-state index in [1.165, 1.54) is 5.71 Å². The van der Waals surface area contributed by atoms with E-state index in [1.54, 1.807) is 24.3 Å². The quantitative estimate of drug-likeness (QED) is 0.632. The fourth-order valence-corrected chi connectivity index (χ4v) is 2.49. The van der Waals surface area contributed by atoms with Gasteiger partial charge in [-0.3, -0.25) is 5.43 Å². The Bertz CT molecular complexity index is 531. The lowest BCUT2D eigenvalue weighted by Crippen LogP contribution is -2.33. The summed E-state index contributed by atoms with van der Waals surface area (Å²) in [6.07, 6.45) is 6.63. The van der Waals surface area contributed by atoms with Crippen LogP contribution in [0.4, 0.5) is 5.69 Å². The lowest BCUT2D eigenvalue weighted by atomic mass is 9.74. The number of rotatable bonds is 3. The third-order valence-electron chi connectivity index (χ3n) is 3.62. The first-order valence-corrected chi connectivity index (χ1v) is 6.06. The first kappa shape index (κ1) is 11.0. The van der Waals surface area contributed by atoms with E-state index < -0.39 is 5.97 Å². The molecule has 3 rings (SSSR count). The number of hydrazone groups is 1. The van der Waals surface area contributed by atoms with Crippen LogP contribution in [0.1, 0.15) is 23.2 Å². The minimum Gasteiger partial charge on any atom is -0.478 e. The third kappa shape index (κ3) is 1.90. The van der Waals surface area contributed by atoms with Gasteiger partial charge >= 0.3 is 5.97 Å². The molecule has 4 heteroatoms. The molecule has 4 nitrogen and oxygen atoms in total. The van der Waals surface area contributed by atoms with Gasteiger partial charge < -0.3 is 5.11 Å². The van der Waals surface area contributed by atoms with Gasteiger partial charge in [-0.25, -0.2) is 4.79 Å². The van der Waals surface area contributed by atoms with Crippen LogP contribution in [-0.2, 0) is 0 Å². The number of carboxylic acid groups (broad SMARTS) is 1. The number of nitrogens with one attached hydrogen (secondary N) is 1. The van der Waals surface area contributed by atoms with Crippen molar-refractivity contribution in [1.29, 1.82) is 0 Å². The zero-order chi connectivity index (χ0) is 12.5. The van der Waals surface area contributed by atoms with E-state index in [2.05, 4.69) is 22.7 Å². The molecule has 0 amide bonds. The summed E-state index contributed by atoms with van der Waals surface area (Å²) in [7, 11) is 0. The fraction of sp³-hybridized carbons (Fsp3) is 0.286. The molecular formula is C14H14N2O2. The Morgan fingerprint density at radius 1 is 1.33 bits per heavy atom. The number of nitrogens with zero attached hydrogens (tertiary/aromatic N) is 1. The van der Waals surface area contributed by atoms with Gasteiger partial charge in [0.2, 0.25) is 0 Å². The van der Waals surface area contributed by atoms with Crippen LogP contribution in [0.2, 0.25) is 0 Å². The monoisotopic (exact) mass is 242 g/mol.